The number of carbonyl (C=O) groups is 1. The van der Waals surface area contributed by atoms with E-state index in [4.69, 9.17) is 0 Å². The van der Waals surface area contributed by atoms with Gasteiger partial charge in [0.1, 0.15) is 5.65 Å². The van der Waals surface area contributed by atoms with Crippen molar-refractivity contribution >= 4 is 28.5 Å². The van der Waals surface area contributed by atoms with E-state index in [1.807, 2.05) is 12.4 Å². The maximum absolute atomic E-state index is 11.3. The number of benzene rings is 1. The summed E-state index contributed by atoms with van der Waals surface area (Å²) in [5.74, 6) is 0. The summed E-state index contributed by atoms with van der Waals surface area (Å²) in [6, 6.07) is 12.7. The largest absolute Gasteiger partial charge is 0.465 e. The molecule has 2 aliphatic heterocycles. The molecule has 4 heterocycles. The lowest BCUT2D eigenvalue weighted by Crippen LogP contribution is -2.46. The van der Waals surface area contributed by atoms with Crippen LogP contribution in [-0.4, -0.2) is 45.7 Å². The Hall–Kier alpha value is -3.02. The molecule has 2 aromatic heterocycles. The molecule has 2 N–H and O–H groups in total. The molecular formula is C20H20N4O2. The predicted octanol–water partition coefficient (Wildman–Crippen LogP) is 3.73. The molecule has 0 saturated carbocycles. The SMILES string of the molecule is O=C(O)N1CCC2(CC1)CN(c1ccnc3[nH]ccc13)c1ccccc12. The van der Waals surface area contributed by atoms with Gasteiger partial charge in [0.2, 0.25) is 0 Å². The average Bonchev–Trinajstić information content (AvgIpc) is 3.26. The fraction of sp³-hybridized carbons (Fsp3) is 0.300. The monoisotopic (exact) mass is 348 g/mol. The van der Waals surface area contributed by atoms with E-state index >= 15 is 0 Å². The number of hydrogen-bond donors (Lipinski definition) is 2. The molecule has 3 aromatic rings. The fourth-order valence-electron chi connectivity index (χ4n) is 4.58. The van der Waals surface area contributed by atoms with Crippen LogP contribution in [0.4, 0.5) is 16.2 Å². The van der Waals surface area contributed by atoms with E-state index in [9.17, 15) is 9.90 Å². The van der Waals surface area contributed by atoms with Crippen LogP contribution in [0.3, 0.4) is 0 Å². The van der Waals surface area contributed by atoms with E-state index in [0.29, 0.717) is 13.1 Å². The summed E-state index contributed by atoms with van der Waals surface area (Å²) in [4.78, 5) is 22.8. The molecule has 1 saturated heterocycles. The van der Waals surface area contributed by atoms with E-state index in [1.165, 1.54) is 16.2 Å². The maximum Gasteiger partial charge on any atom is 0.407 e. The second-order valence-corrected chi connectivity index (χ2v) is 7.22. The highest BCUT2D eigenvalue weighted by molar-refractivity contribution is 5.93. The molecule has 132 valence electrons. The second-order valence-electron chi connectivity index (χ2n) is 7.22. The molecule has 0 unspecified atom stereocenters. The molecule has 1 amide bonds. The zero-order chi connectivity index (χ0) is 17.7. The average molecular weight is 348 g/mol. The number of piperidine rings is 1. The number of pyridine rings is 1. The van der Waals surface area contributed by atoms with Crippen molar-refractivity contribution < 1.29 is 9.90 Å². The lowest BCUT2D eigenvalue weighted by Gasteiger charge is -2.39. The van der Waals surface area contributed by atoms with Gasteiger partial charge in [-0.15, -0.1) is 0 Å². The molecule has 26 heavy (non-hydrogen) atoms. The van der Waals surface area contributed by atoms with Crippen molar-refractivity contribution in [2.45, 2.75) is 18.3 Å². The van der Waals surface area contributed by atoms with Crippen molar-refractivity contribution in [1.82, 2.24) is 14.9 Å². The molecule has 1 spiro atoms. The zero-order valence-corrected chi connectivity index (χ0v) is 14.4. The number of amides is 1. The lowest BCUT2D eigenvalue weighted by atomic mass is 9.74. The van der Waals surface area contributed by atoms with Crippen LogP contribution >= 0.6 is 0 Å². The first-order valence-corrected chi connectivity index (χ1v) is 8.95. The van der Waals surface area contributed by atoms with Crippen molar-refractivity contribution in [3.63, 3.8) is 0 Å². The number of likely N-dealkylation sites (tertiary alicyclic amines) is 1. The Kier molecular flexibility index (Phi) is 3.22. The van der Waals surface area contributed by atoms with Gasteiger partial charge >= 0.3 is 6.09 Å². The van der Waals surface area contributed by atoms with Gasteiger partial charge < -0.3 is 19.9 Å². The number of anilines is 2. The van der Waals surface area contributed by atoms with E-state index in [-0.39, 0.29) is 5.41 Å². The van der Waals surface area contributed by atoms with Crippen LogP contribution in [0.1, 0.15) is 18.4 Å². The summed E-state index contributed by atoms with van der Waals surface area (Å²) in [6.45, 7) is 2.06. The highest BCUT2D eigenvalue weighted by Crippen LogP contribution is 2.50. The lowest BCUT2D eigenvalue weighted by molar-refractivity contribution is 0.119. The number of hydrogen-bond acceptors (Lipinski definition) is 3. The second kappa shape index (κ2) is 5.49. The van der Waals surface area contributed by atoms with Gasteiger partial charge in [0.05, 0.1) is 5.69 Å². The van der Waals surface area contributed by atoms with Crippen molar-refractivity contribution in [2.24, 2.45) is 0 Å². The minimum Gasteiger partial charge on any atom is -0.465 e. The molecule has 1 fully saturated rings. The van der Waals surface area contributed by atoms with E-state index in [2.05, 4.69) is 51.3 Å². The van der Waals surface area contributed by atoms with Gasteiger partial charge in [-0.1, -0.05) is 18.2 Å². The number of nitrogens with zero attached hydrogens (tertiary/aromatic N) is 3. The first-order valence-electron chi connectivity index (χ1n) is 8.95. The third-order valence-corrected chi connectivity index (χ3v) is 5.95. The predicted molar refractivity (Wildman–Crippen MR) is 100 cm³/mol. The van der Waals surface area contributed by atoms with E-state index in [1.54, 1.807) is 0 Å². The molecule has 2 aliphatic rings. The number of rotatable bonds is 1. The third kappa shape index (κ3) is 2.11. The van der Waals surface area contributed by atoms with Crippen LogP contribution < -0.4 is 4.90 Å². The summed E-state index contributed by atoms with van der Waals surface area (Å²) in [7, 11) is 0. The van der Waals surface area contributed by atoms with Gasteiger partial charge in [-0.2, -0.15) is 0 Å². The Morgan fingerprint density at radius 3 is 2.73 bits per heavy atom. The maximum atomic E-state index is 11.3. The summed E-state index contributed by atoms with van der Waals surface area (Å²) < 4.78 is 0. The Labute approximate surface area is 151 Å². The standard InChI is InChI=1S/C20H20N4O2/c25-19(26)23-11-7-20(8-12-23)13-24(17-4-2-1-3-15(17)20)16-6-10-22-18-14(16)5-9-21-18/h1-6,9-10H,7-8,11-13H2,(H,21,22)(H,25,26). The van der Waals surface area contributed by atoms with Gasteiger partial charge in [0, 0.05) is 48.5 Å². The normalized spacial score (nSPS) is 18.5. The van der Waals surface area contributed by atoms with Gasteiger partial charge in [0.15, 0.2) is 0 Å². The minimum atomic E-state index is -0.814. The third-order valence-electron chi connectivity index (χ3n) is 5.95. The molecule has 5 rings (SSSR count). The van der Waals surface area contributed by atoms with E-state index < -0.39 is 6.09 Å². The Morgan fingerprint density at radius 2 is 1.92 bits per heavy atom. The Bertz CT molecular complexity index is 988. The van der Waals surface area contributed by atoms with Crippen LogP contribution in [0.25, 0.3) is 11.0 Å². The molecule has 6 heteroatoms. The number of H-pyrrole nitrogens is 1. The summed E-state index contributed by atoms with van der Waals surface area (Å²) in [5.41, 5.74) is 4.62. The number of para-hydroxylation sites is 1. The highest BCUT2D eigenvalue weighted by Gasteiger charge is 2.45. The van der Waals surface area contributed by atoms with Gasteiger partial charge in [-0.25, -0.2) is 9.78 Å². The number of nitrogens with one attached hydrogen (secondary N) is 1. The summed E-state index contributed by atoms with van der Waals surface area (Å²) >= 11 is 0. The molecule has 0 radical (unpaired) electrons. The molecule has 6 nitrogen and oxygen atoms in total. The van der Waals surface area contributed by atoms with Crippen LogP contribution in [-0.2, 0) is 5.41 Å². The number of carboxylic acid groups (broad SMARTS) is 1. The highest BCUT2D eigenvalue weighted by atomic mass is 16.4. The fourth-order valence-corrected chi connectivity index (χ4v) is 4.58. The van der Waals surface area contributed by atoms with Gasteiger partial charge in [0.25, 0.3) is 0 Å². The van der Waals surface area contributed by atoms with Crippen LogP contribution in [0.15, 0.2) is 48.8 Å². The molecule has 0 aliphatic carbocycles. The van der Waals surface area contributed by atoms with Gasteiger partial charge in [-0.05, 0) is 36.6 Å². The first kappa shape index (κ1) is 15.3. The van der Waals surface area contributed by atoms with Crippen LogP contribution in [0.5, 0.6) is 0 Å². The smallest absolute Gasteiger partial charge is 0.407 e. The van der Waals surface area contributed by atoms with Gasteiger partial charge in [-0.3, -0.25) is 0 Å². The molecule has 0 atom stereocenters. The quantitative estimate of drug-likeness (QED) is 0.703. The van der Waals surface area contributed by atoms with Crippen molar-refractivity contribution in [1.29, 1.82) is 0 Å². The van der Waals surface area contributed by atoms with Crippen LogP contribution in [0, 0.1) is 0 Å². The number of aromatic amines is 1. The van der Waals surface area contributed by atoms with Crippen molar-refractivity contribution in [2.75, 3.05) is 24.5 Å². The molecule has 1 aromatic carbocycles. The van der Waals surface area contributed by atoms with E-state index in [0.717, 1.165) is 36.1 Å². The summed E-state index contributed by atoms with van der Waals surface area (Å²) in [6.07, 6.45) is 4.66. The first-order chi connectivity index (χ1) is 12.7. The minimum absolute atomic E-state index is 0.00838. The Balaban J connectivity index is 1.58. The number of aromatic nitrogens is 2. The topological polar surface area (TPSA) is 72.5 Å². The molecular weight excluding hydrogens is 328 g/mol. The zero-order valence-electron chi connectivity index (χ0n) is 14.4. The van der Waals surface area contributed by atoms with Crippen molar-refractivity contribution in [3.8, 4) is 0 Å². The van der Waals surface area contributed by atoms with Crippen molar-refractivity contribution in [3.05, 3.63) is 54.4 Å². The van der Waals surface area contributed by atoms with Crippen LogP contribution in [0.2, 0.25) is 0 Å². The summed E-state index contributed by atoms with van der Waals surface area (Å²) in [5, 5.41) is 10.4. The molecule has 0 bridgehead atoms. The Morgan fingerprint density at radius 1 is 1.12 bits per heavy atom. The number of fused-ring (bicyclic) bond motifs is 3.